The Labute approximate surface area is 100 Å². The summed E-state index contributed by atoms with van der Waals surface area (Å²) < 4.78 is 4.88. The number of hydrogen-bond acceptors (Lipinski definition) is 6. The third-order valence-electron chi connectivity index (χ3n) is 2.26. The number of carbonyl (C=O) groups excluding carboxylic acids is 1. The number of nitro groups is 1. The lowest BCUT2D eigenvalue weighted by Gasteiger charge is -2.05. The van der Waals surface area contributed by atoms with E-state index in [0.29, 0.717) is 0 Å². The largest absolute Gasteiger partial charge is 0.463 e. The van der Waals surface area contributed by atoms with Crippen LogP contribution in [0.5, 0.6) is 5.88 Å². The molecule has 2 N–H and O–H groups in total. The molecule has 9 nitrogen and oxygen atoms in total. The minimum atomic E-state index is -0.924. The lowest BCUT2D eigenvalue weighted by atomic mass is 10.5. The lowest BCUT2D eigenvalue weighted by Crippen LogP contribution is -2.31. The zero-order valence-corrected chi connectivity index (χ0v) is 9.21. The second-order valence-corrected chi connectivity index (χ2v) is 3.77. The van der Waals surface area contributed by atoms with Crippen LogP contribution in [0.4, 0.5) is 5.69 Å². The molecule has 2 rings (SSSR count). The molecule has 1 heterocycles. The minimum Gasteiger partial charge on any atom is -0.463 e. The number of aromatic nitrogens is 2. The molecule has 0 radical (unpaired) electrons. The quantitative estimate of drug-likeness (QED) is 0.530. The van der Waals surface area contributed by atoms with Crippen LogP contribution in [-0.4, -0.2) is 33.4 Å². The van der Waals surface area contributed by atoms with Crippen LogP contribution in [0.25, 0.3) is 0 Å². The molecule has 1 aliphatic carbocycles. The van der Waals surface area contributed by atoms with E-state index in [1.54, 1.807) is 0 Å². The van der Waals surface area contributed by atoms with Crippen molar-refractivity contribution in [2.45, 2.75) is 18.9 Å². The standard InChI is InChI=1S/C9H10N4O5/c14-6(12-5-1-2-5)3-18-9-7(13(16)17)8(15)10-4-11-9/h4-5H,1-3H2,(H,12,14)(H,10,11,15). The van der Waals surface area contributed by atoms with Gasteiger partial charge in [-0.3, -0.25) is 19.7 Å². The van der Waals surface area contributed by atoms with Gasteiger partial charge in [-0.15, -0.1) is 0 Å². The first-order chi connectivity index (χ1) is 8.58. The number of aromatic amines is 1. The van der Waals surface area contributed by atoms with Crippen LogP contribution in [0.15, 0.2) is 11.1 Å². The Hall–Kier alpha value is -2.45. The summed E-state index contributed by atoms with van der Waals surface area (Å²) in [7, 11) is 0. The maximum absolute atomic E-state index is 11.3. The molecule has 1 saturated carbocycles. The number of hydrogen-bond donors (Lipinski definition) is 2. The van der Waals surface area contributed by atoms with Crippen molar-refractivity contribution >= 4 is 11.6 Å². The van der Waals surface area contributed by atoms with E-state index in [4.69, 9.17) is 4.74 Å². The minimum absolute atomic E-state index is 0.170. The Morgan fingerprint density at radius 2 is 2.39 bits per heavy atom. The van der Waals surface area contributed by atoms with Crippen molar-refractivity contribution in [3.8, 4) is 5.88 Å². The second-order valence-electron chi connectivity index (χ2n) is 3.77. The topological polar surface area (TPSA) is 127 Å². The zero-order valence-electron chi connectivity index (χ0n) is 9.21. The van der Waals surface area contributed by atoms with Crippen molar-refractivity contribution < 1.29 is 14.5 Å². The summed E-state index contributed by atoms with van der Waals surface area (Å²) in [4.78, 5) is 37.8. The van der Waals surface area contributed by atoms with E-state index in [9.17, 15) is 19.7 Å². The van der Waals surface area contributed by atoms with Gasteiger partial charge in [-0.05, 0) is 12.8 Å². The summed E-state index contributed by atoms with van der Waals surface area (Å²) in [5, 5.41) is 13.3. The summed E-state index contributed by atoms with van der Waals surface area (Å²) in [6, 6.07) is 0.170. The van der Waals surface area contributed by atoms with E-state index in [-0.39, 0.29) is 6.04 Å². The molecule has 1 amide bonds. The van der Waals surface area contributed by atoms with Gasteiger partial charge in [0.15, 0.2) is 6.61 Å². The molecule has 18 heavy (non-hydrogen) atoms. The third-order valence-corrected chi connectivity index (χ3v) is 2.26. The predicted octanol–water partition coefficient (Wildman–Crippen LogP) is -0.664. The van der Waals surface area contributed by atoms with Gasteiger partial charge in [0.25, 0.3) is 5.91 Å². The summed E-state index contributed by atoms with van der Waals surface area (Å²) in [6.45, 7) is -0.409. The molecule has 9 heteroatoms. The van der Waals surface area contributed by atoms with Crippen molar-refractivity contribution in [3.63, 3.8) is 0 Å². The molecule has 0 atom stereocenters. The molecule has 1 aromatic rings. The first-order valence-corrected chi connectivity index (χ1v) is 5.22. The molecular formula is C9H10N4O5. The molecule has 0 bridgehead atoms. The van der Waals surface area contributed by atoms with Crippen molar-refractivity contribution in [1.29, 1.82) is 0 Å². The van der Waals surface area contributed by atoms with Crippen LogP contribution in [-0.2, 0) is 4.79 Å². The molecular weight excluding hydrogens is 244 g/mol. The number of H-pyrrole nitrogens is 1. The van der Waals surface area contributed by atoms with E-state index >= 15 is 0 Å². The maximum atomic E-state index is 11.3. The van der Waals surface area contributed by atoms with Gasteiger partial charge in [-0.1, -0.05) is 0 Å². The summed E-state index contributed by atoms with van der Waals surface area (Å²) >= 11 is 0. The van der Waals surface area contributed by atoms with Crippen LogP contribution in [0.3, 0.4) is 0 Å². The molecule has 0 aliphatic heterocycles. The number of ether oxygens (including phenoxy) is 1. The highest BCUT2D eigenvalue weighted by Crippen LogP contribution is 2.19. The van der Waals surface area contributed by atoms with E-state index < -0.39 is 34.6 Å². The van der Waals surface area contributed by atoms with Crippen molar-refractivity contribution in [2.24, 2.45) is 0 Å². The number of amides is 1. The van der Waals surface area contributed by atoms with Gasteiger partial charge >= 0.3 is 17.1 Å². The highest BCUT2D eigenvalue weighted by Gasteiger charge is 2.25. The van der Waals surface area contributed by atoms with Gasteiger partial charge in [0.2, 0.25) is 0 Å². The number of carbonyl (C=O) groups is 1. The average molecular weight is 254 g/mol. The molecule has 1 aliphatic rings. The van der Waals surface area contributed by atoms with Crippen LogP contribution in [0.2, 0.25) is 0 Å². The summed E-state index contributed by atoms with van der Waals surface area (Å²) in [5.41, 5.74) is -1.73. The van der Waals surface area contributed by atoms with E-state index in [0.717, 1.165) is 19.2 Å². The fourth-order valence-electron chi connectivity index (χ4n) is 1.27. The Balaban J connectivity index is 2.04. The Bertz CT molecular complexity index is 536. The molecule has 0 aromatic carbocycles. The summed E-state index contributed by atoms with van der Waals surface area (Å²) in [5.74, 6) is -0.858. The number of nitrogens with zero attached hydrogens (tertiary/aromatic N) is 2. The first-order valence-electron chi connectivity index (χ1n) is 5.22. The SMILES string of the molecule is O=C(COc1nc[nH]c(=O)c1[N+](=O)[O-])NC1CC1. The van der Waals surface area contributed by atoms with Crippen LogP contribution >= 0.6 is 0 Å². The highest BCUT2D eigenvalue weighted by molar-refractivity contribution is 5.78. The Kier molecular flexibility index (Phi) is 3.22. The third kappa shape index (κ3) is 2.81. The van der Waals surface area contributed by atoms with Gasteiger partial charge in [0.1, 0.15) is 0 Å². The zero-order chi connectivity index (χ0) is 13.1. The van der Waals surface area contributed by atoms with Gasteiger partial charge in [-0.2, -0.15) is 4.98 Å². The Morgan fingerprint density at radius 1 is 1.67 bits per heavy atom. The first kappa shape index (κ1) is 12.0. The molecule has 1 fully saturated rings. The molecule has 1 aromatic heterocycles. The maximum Gasteiger partial charge on any atom is 0.395 e. The van der Waals surface area contributed by atoms with E-state index in [2.05, 4.69) is 15.3 Å². The van der Waals surface area contributed by atoms with Crippen LogP contribution < -0.4 is 15.6 Å². The lowest BCUT2D eigenvalue weighted by molar-refractivity contribution is -0.387. The fourth-order valence-corrected chi connectivity index (χ4v) is 1.27. The fraction of sp³-hybridized carbons (Fsp3) is 0.444. The monoisotopic (exact) mass is 254 g/mol. The highest BCUT2D eigenvalue weighted by atomic mass is 16.6. The van der Waals surface area contributed by atoms with Crippen LogP contribution in [0, 0.1) is 10.1 Å². The van der Waals surface area contributed by atoms with E-state index in [1.165, 1.54) is 0 Å². The van der Waals surface area contributed by atoms with Crippen molar-refractivity contribution in [2.75, 3.05) is 6.61 Å². The van der Waals surface area contributed by atoms with Crippen molar-refractivity contribution in [1.82, 2.24) is 15.3 Å². The van der Waals surface area contributed by atoms with Crippen molar-refractivity contribution in [3.05, 3.63) is 26.8 Å². The average Bonchev–Trinajstić information content (AvgIpc) is 3.09. The predicted molar refractivity (Wildman–Crippen MR) is 58.2 cm³/mol. The molecule has 96 valence electrons. The number of rotatable bonds is 5. The van der Waals surface area contributed by atoms with Gasteiger partial charge in [0, 0.05) is 6.04 Å². The molecule has 0 unspecified atom stereocenters. The smallest absolute Gasteiger partial charge is 0.395 e. The van der Waals surface area contributed by atoms with E-state index in [1.807, 2.05) is 0 Å². The molecule has 0 spiro atoms. The normalized spacial score (nSPS) is 14.0. The number of nitrogens with one attached hydrogen (secondary N) is 2. The van der Waals surface area contributed by atoms with Gasteiger partial charge < -0.3 is 15.0 Å². The second kappa shape index (κ2) is 4.82. The van der Waals surface area contributed by atoms with Gasteiger partial charge in [0.05, 0.1) is 11.3 Å². The van der Waals surface area contributed by atoms with Crippen LogP contribution in [0.1, 0.15) is 12.8 Å². The molecule has 0 saturated heterocycles. The van der Waals surface area contributed by atoms with Gasteiger partial charge in [-0.25, -0.2) is 0 Å². The Morgan fingerprint density at radius 3 is 3.00 bits per heavy atom. The summed E-state index contributed by atoms with van der Waals surface area (Å²) in [6.07, 6.45) is 2.83.